The molecule has 0 aliphatic heterocycles. The van der Waals surface area contributed by atoms with Gasteiger partial charge in [0, 0.05) is 0 Å². The van der Waals surface area contributed by atoms with Crippen LogP contribution in [0, 0.1) is 5.92 Å². The molecule has 0 radical (unpaired) electrons. The van der Waals surface area contributed by atoms with Gasteiger partial charge >= 0.3 is 6.16 Å². The SMILES string of the molecule is CC(C)[C@H](O)/C=C\COC(=O)OC(C)(C)C. The Labute approximate surface area is 97.2 Å². The maximum atomic E-state index is 11.1. The van der Waals surface area contributed by atoms with Gasteiger partial charge < -0.3 is 14.6 Å². The fourth-order valence-corrected chi connectivity index (χ4v) is 0.813. The van der Waals surface area contributed by atoms with Crippen LogP contribution in [-0.2, 0) is 9.47 Å². The second-order valence-corrected chi connectivity index (χ2v) is 4.94. The zero-order valence-corrected chi connectivity index (χ0v) is 10.7. The Morgan fingerprint density at radius 1 is 1.38 bits per heavy atom. The van der Waals surface area contributed by atoms with E-state index < -0.39 is 17.9 Å². The standard InChI is InChI=1S/C12H22O4/c1-9(2)10(13)7-6-8-15-11(14)16-12(3,4)5/h6-7,9-10,13H,8H2,1-5H3/b7-6-/t10-/m1/s1. The van der Waals surface area contributed by atoms with Crippen LogP contribution in [0.1, 0.15) is 34.6 Å². The smallest absolute Gasteiger partial charge is 0.430 e. The second kappa shape index (κ2) is 6.53. The van der Waals surface area contributed by atoms with Gasteiger partial charge in [-0.25, -0.2) is 4.79 Å². The number of hydrogen-bond acceptors (Lipinski definition) is 4. The predicted molar refractivity (Wildman–Crippen MR) is 62.2 cm³/mol. The molecule has 0 rings (SSSR count). The molecule has 0 spiro atoms. The van der Waals surface area contributed by atoms with Crippen molar-refractivity contribution in [2.24, 2.45) is 5.92 Å². The van der Waals surface area contributed by atoms with Crippen LogP contribution < -0.4 is 0 Å². The molecular weight excluding hydrogens is 208 g/mol. The van der Waals surface area contributed by atoms with Crippen molar-refractivity contribution in [1.29, 1.82) is 0 Å². The van der Waals surface area contributed by atoms with Crippen molar-refractivity contribution in [3.05, 3.63) is 12.2 Å². The zero-order valence-electron chi connectivity index (χ0n) is 10.7. The van der Waals surface area contributed by atoms with Crippen LogP contribution in [0.5, 0.6) is 0 Å². The summed E-state index contributed by atoms with van der Waals surface area (Å²) in [5.74, 6) is 0.151. The van der Waals surface area contributed by atoms with E-state index in [0.29, 0.717) is 0 Å². The minimum Gasteiger partial charge on any atom is -0.430 e. The first-order chi connectivity index (χ1) is 7.22. The molecule has 0 unspecified atom stereocenters. The molecule has 0 aromatic heterocycles. The van der Waals surface area contributed by atoms with Gasteiger partial charge in [0.25, 0.3) is 0 Å². The molecule has 0 aromatic carbocycles. The third-order valence-corrected chi connectivity index (χ3v) is 1.70. The Bertz CT molecular complexity index is 238. The Balaban J connectivity index is 3.78. The van der Waals surface area contributed by atoms with E-state index in [0.717, 1.165) is 0 Å². The minimum atomic E-state index is -0.698. The van der Waals surface area contributed by atoms with Crippen molar-refractivity contribution >= 4 is 6.16 Å². The summed E-state index contributed by atoms with van der Waals surface area (Å²) in [6.07, 6.45) is 2.00. The van der Waals surface area contributed by atoms with Crippen LogP contribution in [0.4, 0.5) is 4.79 Å². The van der Waals surface area contributed by atoms with Crippen molar-refractivity contribution in [3.8, 4) is 0 Å². The molecule has 94 valence electrons. The molecule has 0 fully saturated rings. The third-order valence-electron chi connectivity index (χ3n) is 1.70. The highest BCUT2D eigenvalue weighted by molar-refractivity contribution is 5.60. The molecule has 0 aliphatic carbocycles. The largest absolute Gasteiger partial charge is 0.509 e. The molecule has 0 saturated carbocycles. The van der Waals surface area contributed by atoms with Crippen molar-refractivity contribution in [2.45, 2.75) is 46.3 Å². The highest BCUT2D eigenvalue weighted by Gasteiger charge is 2.16. The predicted octanol–water partition coefficient (Wildman–Crippen LogP) is 2.51. The molecule has 16 heavy (non-hydrogen) atoms. The fraction of sp³-hybridized carbons (Fsp3) is 0.750. The van der Waals surface area contributed by atoms with E-state index in [1.165, 1.54) is 0 Å². The van der Waals surface area contributed by atoms with E-state index in [1.54, 1.807) is 32.9 Å². The molecule has 0 bridgehead atoms. The van der Waals surface area contributed by atoms with Crippen LogP contribution in [0.2, 0.25) is 0 Å². The Morgan fingerprint density at radius 3 is 2.38 bits per heavy atom. The van der Waals surface area contributed by atoms with Crippen LogP contribution in [0.15, 0.2) is 12.2 Å². The van der Waals surface area contributed by atoms with Gasteiger partial charge in [-0.1, -0.05) is 19.9 Å². The van der Waals surface area contributed by atoms with Crippen molar-refractivity contribution in [1.82, 2.24) is 0 Å². The minimum absolute atomic E-state index is 0.110. The molecule has 1 N–H and O–H groups in total. The number of carbonyl (C=O) groups is 1. The van der Waals surface area contributed by atoms with Gasteiger partial charge in [-0.2, -0.15) is 0 Å². The van der Waals surface area contributed by atoms with Crippen molar-refractivity contribution in [3.63, 3.8) is 0 Å². The number of hydrogen-bond donors (Lipinski definition) is 1. The average molecular weight is 230 g/mol. The first-order valence-electron chi connectivity index (χ1n) is 5.43. The summed E-state index contributed by atoms with van der Waals surface area (Å²) in [7, 11) is 0. The Hall–Kier alpha value is -1.03. The van der Waals surface area contributed by atoms with Gasteiger partial charge in [-0.3, -0.25) is 0 Å². The summed E-state index contributed by atoms with van der Waals surface area (Å²) in [5, 5.41) is 9.42. The summed E-state index contributed by atoms with van der Waals surface area (Å²) in [6, 6.07) is 0. The number of carbonyl (C=O) groups excluding carboxylic acids is 1. The quantitative estimate of drug-likeness (QED) is 0.595. The lowest BCUT2D eigenvalue weighted by Crippen LogP contribution is -2.24. The summed E-state index contributed by atoms with van der Waals surface area (Å²) >= 11 is 0. The lowest BCUT2D eigenvalue weighted by atomic mass is 10.1. The summed E-state index contributed by atoms with van der Waals surface area (Å²) in [5.41, 5.74) is -0.543. The van der Waals surface area contributed by atoms with Crippen LogP contribution in [-0.4, -0.2) is 29.6 Å². The molecule has 0 saturated heterocycles. The highest BCUT2D eigenvalue weighted by atomic mass is 16.7. The van der Waals surface area contributed by atoms with E-state index >= 15 is 0 Å². The normalized spacial score (nSPS) is 14.2. The number of rotatable bonds is 4. The van der Waals surface area contributed by atoms with Gasteiger partial charge in [0.05, 0.1) is 6.10 Å². The van der Waals surface area contributed by atoms with Crippen molar-refractivity contribution < 1.29 is 19.4 Å². The van der Waals surface area contributed by atoms with E-state index in [2.05, 4.69) is 0 Å². The molecular formula is C12H22O4. The highest BCUT2D eigenvalue weighted by Crippen LogP contribution is 2.08. The fourth-order valence-electron chi connectivity index (χ4n) is 0.813. The number of aliphatic hydroxyl groups excluding tert-OH is 1. The van der Waals surface area contributed by atoms with Gasteiger partial charge in [-0.05, 0) is 32.8 Å². The third kappa shape index (κ3) is 8.29. The average Bonchev–Trinajstić information content (AvgIpc) is 2.08. The summed E-state index contributed by atoms with van der Waals surface area (Å²) in [6.45, 7) is 9.23. The molecule has 1 atom stereocenters. The van der Waals surface area contributed by atoms with Crippen LogP contribution in [0.25, 0.3) is 0 Å². The molecule has 0 aliphatic rings. The summed E-state index contributed by atoms with van der Waals surface area (Å²) in [4.78, 5) is 11.1. The Kier molecular flexibility index (Phi) is 6.11. The van der Waals surface area contributed by atoms with E-state index in [-0.39, 0.29) is 12.5 Å². The van der Waals surface area contributed by atoms with Gasteiger partial charge in [0.2, 0.25) is 0 Å². The number of ether oxygens (including phenoxy) is 2. The molecule has 0 aromatic rings. The van der Waals surface area contributed by atoms with Crippen LogP contribution >= 0.6 is 0 Å². The maximum absolute atomic E-state index is 11.1. The van der Waals surface area contributed by atoms with Crippen molar-refractivity contribution in [2.75, 3.05) is 6.61 Å². The molecule has 0 heterocycles. The molecule has 0 amide bonds. The first-order valence-corrected chi connectivity index (χ1v) is 5.43. The van der Waals surface area contributed by atoms with E-state index in [1.807, 2.05) is 13.8 Å². The van der Waals surface area contributed by atoms with Crippen LogP contribution in [0.3, 0.4) is 0 Å². The Morgan fingerprint density at radius 2 is 1.94 bits per heavy atom. The van der Waals surface area contributed by atoms with Gasteiger partial charge in [0.1, 0.15) is 12.2 Å². The monoisotopic (exact) mass is 230 g/mol. The lowest BCUT2D eigenvalue weighted by molar-refractivity contribution is -0.00254. The molecule has 4 nitrogen and oxygen atoms in total. The second-order valence-electron chi connectivity index (χ2n) is 4.94. The van der Waals surface area contributed by atoms with Gasteiger partial charge in [-0.15, -0.1) is 0 Å². The van der Waals surface area contributed by atoms with Gasteiger partial charge in [0.15, 0.2) is 0 Å². The summed E-state index contributed by atoms with van der Waals surface area (Å²) < 4.78 is 9.72. The number of aliphatic hydroxyl groups is 1. The van der Waals surface area contributed by atoms with E-state index in [9.17, 15) is 9.90 Å². The lowest BCUT2D eigenvalue weighted by Gasteiger charge is -2.18. The van der Waals surface area contributed by atoms with E-state index in [4.69, 9.17) is 9.47 Å². The maximum Gasteiger partial charge on any atom is 0.509 e. The zero-order chi connectivity index (χ0) is 12.8. The topological polar surface area (TPSA) is 55.8 Å². The first kappa shape index (κ1) is 15.0. The molecule has 4 heteroatoms.